The van der Waals surface area contributed by atoms with Gasteiger partial charge < -0.3 is 24.8 Å². The second-order valence-corrected chi connectivity index (χ2v) is 12.0. The standard InChI is InChI=1S/C32H36.2ClH.Zr/c1-20-13-14-24(21(2)15-20)23-17-29-30(18-23)32(5,19-31(29,3)4)28-12-8-11-26-25-10-7-6-9-22(25)16-27(26)28;;;/h6-15,23,29-30H,16-19H2,1-5H3;2*1H;/q;;;+2/p-2. The largest absolute Gasteiger partial charge is 2.00 e. The molecular formula is C32H36Cl2Zr. The molecule has 0 nitrogen and oxygen atoms in total. The summed E-state index contributed by atoms with van der Waals surface area (Å²) in [5.74, 6) is 2.27. The van der Waals surface area contributed by atoms with Crippen molar-refractivity contribution in [3.8, 4) is 11.1 Å². The minimum absolute atomic E-state index is 0. The number of hydrogen-bond acceptors (Lipinski definition) is 0. The zero-order chi connectivity index (χ0) is 22.3. The van der Waals surface area contributed by atoms with Gasteiger partial charge in [-0.1, -0.05) is 87.0 Å². The van der Waals surface area contributed by atoms with Gasteiger partial charge in [0.1, 0.15) is 0 Å². The molecule has 3 aromatic carbocycles. The van der Waals surface area contributed by atoms with Gasteiger partial charge in [-0.05, 0) is 107 Å². The first-order valence-electron chi connectivity index (χ1n) is 12.6. The summed E-state index contributed by atoms with van der Waals surface area (Å²) in [5.41, 5.74) is 12.8. The topological polar surface area (TPSA) is 0 Å². The number of aryl methyl sites for hydroxylation is 2. The molecule has 0 radical (unpaired) electrons. The Labute approximate surface area is 243 Å². The van der Waals surface area contributed by atoms with Gasteiger partial charge in [0.2, 0.25) is 0 Å². The van der Waals surface area contributed by atoms with Gasteiger partial charge in [-0.3, -0.25) is 0 Å². The molecule has 0 spiro atoms. The molecule has 182 valence electrons. The zero-order valence-electron chi connectivity index (χ0n) is 21.6. The zero-order valence-corrected chi connectivity index (χ0v) is 25.6. The maximum absolute atomic E-state index is 2.61. The van der Waals surface area contributed by atoms with Crippen molar-refractivity contribution < 1.29 is 51.0 Å². The predicted octanol–water partition coefficient (Wildman–Crippen LogP) is 2.38. The van der Waals surface area contributed by atoms with Gasteiger partial charge in [0.15, 0.2) is 0 Å². The maximum atomic E-state index is 2.61. The Hall–Kier alpha value is -0.877. The van der Waals surface area contributed by atoms with Crippen LogP contribution in [-0.4, -0.2) is 0 Å². The molecule has 3 aromatic rings. The number of benzene rings is 3. The van der Waals surface area contributed by atoms with Crippen LogP contribution >= 0.6 is 0 Å². The monoisotopic (exact) mass is 580 g/mol. The van der Waals surface area contributed by atoms with Crippen LogP contribution in [0.2, 0.25) is 0 Å². The third-order valence-electron chi connectivity index (χ3n) is 9.54. The average Bonchev–Trinajstić information content (AvgIpc) is 3.40. The Kier molecular flexibility index (Phi) is 8.29. The van der Waals surface area contributed by atoms with E-state index in [1.54, 1.807) is 16.7 Å². The Balaban J connectivity index is 0.00000114. The molecule has 6 rings (SSSR count). The van der Waals surface area contributed by atoms with Crippen molar-refractivity contribution in [3.05, 3.63) is 94.0 Å². The van der Waals surface area contributed by atoms with Crippen LogP contribution in [0.4, 0.5) is 0 Å². The van der Waals surface area contributed by atoms with Gasteiger partial charge in [-0.25, -0.2) is 0 Å². The molecule has 35 heavy (non-hydrogen) atoms. The molecule has 2 fully saturated rings. The summed E-state index contributed by atoms with van der Waals surface area (Å²) in [6.07, 6.45) is 5.11. The fourth-order valence-electron chi connectivity index (χ4n) is 8.34. The van der Waals surface area contributed by atoms with Gasteiger partial charge >= 0.3 is 26.2 Å². The first-order chi connectivity index (χ1) is 15.3. The molecule has 0 bridgehead atoms. The third kappa shape index (κ3) is 4.43. The summed E-state index contributed by atoms with van der Waals surface area (Å²) < 4.78 is 0. The molecule has 0 N–H and O–H groups in total. The van der Waals surface area contributed by atoms with E-state index in [-0.39, 0.29) is 56.4 Å². The van der Waals surface area contributed by atoms with Crippen molar-refractivity contribution in [3.63, 3.8) is 0 Å². The van der Waals surface area contributed by atoms with Crippen molar-refractivity contribution in [1.29, 1.82) is 0 Å². The van der Waals surface area contributed by atoms with Crippen molar-refractivity contribution in [2.75, 3.05) is 0 Å². The quantitative estimate of drug-likeness (QED) is 0.341. The summed E-state index contributed by atoms with van der Waals surface area (Å²) in [5, 5.41) is 0. The maximum Gasteiger partial charge on any atom is 2.00 e. The second kappa shape index (κ2) is 10.1. The van der Waals surface area contributed by atoms with Crippen LogP contribution in [0.1, 0.15) is 79.3 Å². The molecule has 4 unspecified atom stereocenters. The number of fused-ring (bicyclic) bond motifs is 4. The van der Waals surface area contributed by atoms with Crippen LogP contribution in [0.15, 0.2) is 60.7 Å². The fourth-order valence-corrected chi connectivity index (χ4v) is 8.34. The van der Waals surface area contributed by atoms with Crippen molar-refractivity contribution in [1.82, 2.24) is 0 Å². The van der Waals surface area contributed by atoms with Crippen LogP contribution in [0, 0.1) is 31.1 Å². The van der Waals surface area contributed by atoms with Gasteiger partial charge in [-0.2, -0.15) is 0 Å². The van der Waals surface area contributed by atoms with Crippen molar-refractivity contribution >= 4 is 0 Å². The van der Waals surface area contributed by atoms with Crippen molar-refractivity contribution in [2.45, 2.75) is 71.6 Å². The Morgan fingerprint density at radius 1 is 0.771 bits per heavy atom. The molecule has 3 aliphatic rings. The number of rotatable bonds is 2. The summed E-state index contributed by atoms with van der Waals surface area (Å²) in [7, 11) is 0. The molecular weight excluding hydrogens is 546 g/mol. The van der Waals surface area contributed by atoms with E-state index in [1.807, 2.05) is 0 Å². The molecule has 0 amide bonds. The first-order valence-corrected chi connectivity index (χ1v) is 12.6. The van der Waals surface area contributed by atoms with Crippen LogP contribution in [0.3, 0.4) is 0 Å². The van der Waals surface area contributed by atoms with E-state index >= 15 is 0 Å². The van der Waals surface area contributed by atoms with E-state index in [0.29, 0.717) is 11.3 Å². The SMILES string of the molecule is Cc1ccc(C2CC3C(C2)C(C)(c2cccc4c2Cc2ccccc2-4)CC3(C)C)c(C)c1.[Cl-].[Cl-].[Zr+2]. The van der Waals surface area contributed by atoms with Crippen LogP contribution < -0.4 is 24.8 Å². The number of halogens is 2. The van der Waals surface area contributed by atoms with Gasteiger partial charge in [-0.15, -0.1) is 0 Å². The first kappa shape index (κ1) is 28.7. The summed E-state index contributed by atoms with van der Waals surface area (Å²) >= 11 is 0. The Bertz CT molecular complexity index is 1230. The molecule has 0 heterocycles. The molecule has 0 aliphatic heterocycles. The van der Waals surface area contributed by atoms with Crippen LogP contribution in [-0.2, 0) is 38.0 Å². The summed E-state index contributed by atoms with van der Waals surface area (Å²) in [6, 6.07) is 23.4. The molecule has 0 aromatic heterocycles. The summed E-state index contributed by atoms with van der Waals surface area (Å²) in [4.78, 5) is 0. The molecule has 2 saturated carbocycles. The van der Waals surface area contributed by atoms with E-state index in [0.717, 1.165) is 18.3 Å². The normalized spacial score (nSPS) is 27.1. The third-order valence-corrected chi connectivity index (χ3v) is 9.54. The van der Waals surface area contributed by atoms with E-state index < -0.39 is 0 Å². The number of hydrogen-bond donors (Lipinski definition) is 0. The second-order valence-electron chi connectivity index (χ2n) is 12.0. The van der Waals surface area contributed by atoms with Gasteiger partial charge in [0.05, 0.1) is 0 Å². The fraction of sp³-hybridized carbons (Fsp3) is 0.438. The molecule has 4 atom stereocenters. The average molecular weight is 583 g/mol. The predicted molar refractivity (Wildman–Crippen MR) is 135 cm³/mol. The van der Waals surface area contributed by atoms with E-state index in [2.05, 4.69) is 95.3 Å². The van der Waals surface area contributed by atoms with Crippen molar-refractivity contribution in [2.24, 2.45) is 17.3 Å². The van der Waals surface area contributed by atoms with E-state index in [1.165, 1.54) is 47.1 Å². The molecule has 0 saturated heterocycles. The van der Waals surface area contributed by atoms with Gasteiger partial charge in [0, 0.05) is 0 Å². The molecule has 3 heteroatoms. The Morgan fingerprint density at radius 2 is 1.46 bits per heavy atom. The minimum Gasteiger partial charge on any atom is -1.00 e. The van der Waals surface area contributed by atoms with Crippen LogP contribution in [0.5, 0.6) is 0 Å². The minimum atomic E-state index is 0. The van der Waals surface area contributed by atoms with Crippen LogP contribution in [0.25, 0.3) is 11.1 Å². The summed E-state index contributed by atoms with van der Waals surface area (Å²) in [6.45, 7) is 12.3. The van der Waals surface area contributed by atoms with E-state index in [9.17, 15) is 0 Å². The molecule has 3 aliphatic carbocycles. The smallest absolute Gasteiger partial charge is 1.00 e. The van der Waals surface area contributed by atoms with Gasteiger partial charge in [0.25, 0.3) is 0 Å². The Morgan fingerprint density at radius 3 is 2.20 bits per heavy atom. The van der Waals surface area contributed by atoms with E-state index in [4.69, 9.17) is 0 Å².